The van der Waals surface area contributed by atoms with E-state index < -0.39 is 0 Å². The number of carbonyl (C=O) groups excluding carboxylic acids is 1. The molecule has 0 spiro atoms. The molecule has 6 heteroatoms. The van der Waals surface area contributed by atoms with Crippen LogP contribution in [0.15, 0.2) is 6.20 Å². The molecule has 1 aromatic heterocycles. The summed E-state index contributed by atoms with van der Waals surface area (Å²) in [6.45, 7) is 5.61. The van der Waals surface area contributed by atoms with Crippen molar-refractivity contribution in [3.05, 3.63) is 17.5 Å². The first-order chi connectivity index (χ1) is 11.5. The molecule has 134 valence electrons. The summed E-state index contributed by atoms with van der Waals surface area (Å²) in [5, 5.41) is 4.48. The van der Waals surface area contributed by atoms with E-state index in [9.17, 15) is 4.79 Å². The first-order valence-corrected chi connectivity index (χ1v) is 8.97. The van der Waals surface area contributed by atoms with Crippen LogP contribution in [-0.4, -0.2) is 59.1 Å². The van der Waals surface area contributed by atoms with Gasteiger partial charge >= 0.3 is 0 Å². The molecule has 24 heavy (non-hydrogen) atoms. The molecule has 1 aromatic rings. The molecule has 1 saturated heterocycles. The monoisotopic (exact) mass is 335 g/mol. The summed E-state index contributed by atoms with van der Waals surface area (Å²) in [6.07, 6.45) is 6.79. The highest BCUT2D eigenvalue weighted by molar-refractivity contribution is 5.95. The highest BCUT2D eigenvalue weighted by atomic mass is 16.5. The average Bonchev–Trinajstić information content (AvgIpc) is 3.15. The number of rotatable bonds is 5. The van der Waals surface area contributed by atoms with Gasteiger partial charge in [0, 0.05) is 33.5 Å². The molecule has 0 radical (unpaired) electrons. The maximum atomic E-state index is 13.2. The molecule has 1 aliphatic carbocycles. The fraction of sp³-hybridized carbons (Fsp3) is 0.778. The Labute approximate surface area is 144 Å². The van der Waals surface area contributed by atoms with E-state index in [4.69, 9.17) is 9.47 Å². The lowest BCUT2D eigenvalue weighted by Gasteiger charge is -2.43. The Bertz CT molecular complexity index is 600. The van der Waals surface area contributed by atoms with E-state index in [1.165, 1.54) is 0 Å². The summed E-state index contributed by atoms with van der Waals surface area (Å²) >= 11 is 0. The lowest BCUT2D eigenvalue weighted by atomic mass is 9.79. The van der Waals surface area contributed by atoms with Gasteiger partial charge in [0.2, 0.25) is 0 Å². The van der Waals surface area contributed by atoms with Crippen molar-refractivity contribution in [2.45, 2.75) is 70.2 Å². The van der Waals surface area contributed by atoms with Crippen LogP contribution in [0.4, 0.5) is 0 Å². The standard InChI is InChI=1S/C18H29N3O3/c1-5-9-20-12-15(13(2)19-20)17(22)21-10-8-18(24-4)7-6-14(23-3)11-16(18)21/h12,14,16H,5-11H2,1-4H3/t14-,16+,18-/m1/s1. The van der Waals surface area contributed by atoms with Crippen molar-refractivity contribution >= 4 is 5.91 Å². The molecule has 3 atom stereocenters. The zero-order valence-corrected chi connectivity index (χ0v) is 15.2. The van der Waals surface area contributed by atoms with E-state index in [-0.39, 0.29) is 23.7 Å². The van der Waals surface area contributed by atoms with Crippen LogP contribution in [0, 0.1) is 6.92 Å². The van der Waals surface area contributed by atoms with Gasteiger partial charge < -0.3 is 14.4 Å². The number of hydrogen-bond acceptors (Lipinski definition) is 4. The molecule has 0 aromatic carbocycles. The van der Waals surface area contributed by atoms with Gasteiger partial charge in [-0.3, -0.25) is 9.48 Å². The van der Waals surface area contributed by atoms with Gasteiger partial charge in [0.05, 0.1) is 29.0 Å². The topological polar surface area (TPSA) is 56.6 Å². The summed E-state index contributed by atoms with van der Waals surface area (Å²) in [5.41, 5.74) is 1.32. The summed E-state index contributed by atoms with van der Waals surface area (Å²) < 4.78 is 13.4. The normalized spacial score (nSPS) is 29.8. The quantitative estimate of drug-likeness (QED) is 0.829. The van der Waals surface area contributed by atoms with Crippen LogP contribution in [0.5, 0.6) is 0 Å². The number of amides is 1. The van der Waals surface area contributed by atoms with Gasteiger partial charge in [0.15, 0.2) is 0 Å². The second kappa shape index (κ2) is 6.84. The Kier molecular flexibility index (Phi) is 4.97. The van der Waals surface area contributed by atoms with E-state index >= 15 is 0 Å². The van der Waals surface area contributed by atoms with Crippen molar-refractivity contribution in [2.24, 2.45) is 0 Å². The van der Waals surface area contributed by atoms with Crippen molar-refractivity contribution in [1.29, 1.82) is 0 Å². The van der Waals surface area contributed by atoms with Crippen molar-refractivity contribution < 1.29 is 14.3 Å². The maximum Gasteiger partial charge on any atom is 0.257 e. The minimum atomic E-state index is -0.210. The van der Waals surface area contributed by atoms with Gasteiger partial charge in [-0.1, -0.05) is 6.92 Å². The summed E-state index contributed by atoms with van der Waals surface area (Å²) in [7, 11) is 3.53. The Morgan fingerprint density at radius 3 is 2.88 bits per heavy atom. The minimum Gasteiger partial charge on any atom is -0.381 e. The molecule has 1 amide bonds. The third-order valence-electron chi connectivity index (χ3n) is 5.77. The smallest absolute Gasteiger partial charge is 0.257 e. The van der Waals surface area contributed by atoms with E-state index in [1.807, 2.05) is 22.7 Å². The number of hydrogen-bond donors (Lipinski definition) is 0. The van der Waals surface area contributed by atoms with Crippen LogP contribution in [0.25, 0.3) is 0 Å². The number of fused-ring (bicyclic) bond motifs is 1. The molecule has 0 N–H and O–H groups in total. The summed E-state index contributed by atoms with van der Waals surface area (Å²) in [5.74, 6) is 0.0792. The maximum absolute atomic E-state index is 13.2. The lowest BCUT2D eigenvalue weighted by Crippen LogP contribution is -2.53. The molecule has 3 rings (SSSR count). The largest absolute Gasteiger partial charge is 0.381 e. The minimum absolute atomic E-state index is 0.0792. The fourth-order valence-corrected chi connectivity index (χ4v) is 4.35. The molecule has 6 nitrogen and oxygen atoms in total. The van der Waals surface area contributed by atoms with Crippen molar-refractivity contribution in [3.8, 4) is 0 Å². The molecular formula is C18H29N3O3. The summed E-state index contributed by atoms with van der Waals surface area (Å²) in [4.78, 5) is 15.2. The Morgan fingerprint density at radius 1 is 1.42 bits per heavy atom. The third-order valence-corrected chi connectivity index (χ3v) is 5.77. The SMILES string of the molecule is CCCn1cc(C(=O)N2CC[C@]3(OC)CC[C@@H](OC)C[C@H]23)c(C)n1. The van der Waals surface area contributed by atoms with E-state index in [0.717, 1.165) is 56.5 Å². The number of aryl methyl sites for hydroxylation is 2. The van der Waals surface area contributed by atoms with Crippen molar-refractivity contribution in [1.82, 2.24) is 14.7 Å². The molecule has 2 aliphatic rings. The highest BCUT2D eigenvalue weighted by Crippen LogP contribution is 2.43. The third kappa shape index (κ3) is 2.86. The molecule has 0 bridgehead atoms. The number of likely N-dealkylation sites (tertiary alicyclic amines) is 1. The number of carbonyl (C=O) groups is 1. The van der Waals surface area contributed by atoms with Crippen LogP contribution >= 0.6 is 0 Å². The highest BCUT2D eigenvalue weighted by Gasteiger charge is 2.52. The lowest BCUT2D eigenvalue weighted by molar-refractivity contribution is -0.0893. The second-order valence-electron chi connectivity index (χ2n) is 7.06. The fourth-order valence-electron chi connectivity index (χ4n) is 4.35. The Balaban J connectivity index is 1.84. The average molecular weight is 335 g/mol. The zero-order chi connectivity index (χ0) is 17.3. The molecule has 2 fully saturated rings. The number of nitrogens with zero attached hydrogens (tertiary/aromatic N) is 3. The van der Waals surface area contributed by atoms with E-state index in [2.05, 4.69) is 12.0 Å². The predicted octanol–water partition coefficient (Wildman–Crippen LogP) is 2.40. The first-order valence-electron chi connectivity index (χ1n) is 8.97. The second-order valence-corrected chi connectivity index (χ2v) is 7.06. The molecule has 1 aliphatic heterocycles. The van der Waals surface area contributed by atoms with Crippen molar-refractivity contribution in [3.63, 3.8) is 0 Å². The molecule has 0 unspecified atom stereocenters. The number of methoxy groups -OCH3 is 2. The van der Waals surface area contributed by atoms with Gasteiger partial charge in [0.1, 0.15) is 0 Å². The predicted molar refractivity (Wildman–Crippen MR) is 91.1 cm³/mol. The van der Waals surface area contributed by atoms with Gasteiger partial charge in [-0.05, 0) is 39.0 Å². The van der Waals surface area contributed by atoms with Crippen LogP contribution < -0.4 is 0 Å². The van der Waals surface area contributed by atoms with E-state index in [0.29, 0.717) is 0 Å². The molecule has 1 saturated carbocycles. The first kappa shape index (κ1) is 17.4. The van der Waals surface area contributed by atoms with E-state index in [1.54, 1.807) is 14.2 Å². The van der Waals surface area contributed by atoms with Crippen LogP contribution in [-0.2, 0) is 16.0 Å². The van der Waals surface area contributed by atoms with Gasteiger partial charge in [-0.25, -0.2) is 0 Å². The molecular weight excluding hydrogens is 306 g/mol. The number of ether oxygens (including phenoxy) is 2. The van der Waals surface area contributed by atoms with Gasteiger partial charge in [-0.15, -0.1) is 0 Å². The van der Waals surface area contributed by atoms with Crippen LogP contribution in [0.1, 0.15) is 55.1 Å². The Hall–Kier alpha value is -1.40. The number of aromatic nitrogens is 2. The summed E-state index contributed by atoms with van der Waals surface area (Å²) in [6, 6.07) is 0.0858. The Morgan fingerprint density at radius 2 is 2.21 bits per heavy atom. The van der Waals surface area contributed by atoms with Gasteiger partial charge in [-0.2, -0.15) is 5.10 Å². The van der Waals surface area contributed by atoms with Crippen LogP contribution in [0.2, 0.25) is 0 Å². The molecule has 2 heterocycles. The zero-order valence-electron chi connectivity index (χ0n) is 15.2. The van der Waals surface area contributed by atoms with Crippen molar-refractivity contribution in [2.75, 3.05) is 20.8 Å². The van der Waals surface area contributed by atoms with Gasteiger partial charge in [0.25, 0.3) is 5.91 Å². The van der Waals surface area contributed by atoms with Crippen LogP contribution in [0.3, 0.4) is 0 Å².